The number of rotatable bonds is 11. The SMILES string of the molecule is CC(=O)O[C@@]12CO[C@@H]1C[C@H](OC(=O)OCC(Cl)(Cl)Cl)[C@@]1(C)C(=O)[C@H](OC(=O)OCC(Cl)(Cl)Cl)C3=C(C)[C@@H](OC(=O)C(O)C(Br)c4ccccc4)C[C@@](O)([C@@H](OC(=O)c4ccccc4)[C@H]21)C3(C)C. The summed E-state index contributed by atoms with van der Waals surface area (Å²) < 4.78 is 42.3. The van der Waals surface area contributed by atoms with E-state index in [-0.39, 0.29) is 16.7 Å². The number of hydrogen-bond donors (Lipinski definition) is 2. The number of benzene rings is 2. The van der Waals surface area contributed by atoms with E-state index in [1.807, 2.05) is 0 Å². The van der Waals surface area contributed by atoms with E-state index in [0.717, 1.165) is 6.92 Å². The lowest BCUT2D eigenvalue weighted by molar-refractivity contribution is -0.346. The lowest BCUT2D eigenvalue weighted by atomic mass is 9.44. The van der Waals surface area contributed by atoms with E-state index in [4.69, 9.17) is 108 Å². The maximum Gasteiger partial charge on any atom is 0.509 e. The summed E-state index contributed by atoms with van der Waals surface area (Å²) >= 11 is 38.6. The lowest BCUT2D eigenvalue weighted by Gasteiger charge is -2.67. The molecule has 4 aliphatic rings. The molecule has 0 aromatic heterocycles. The number of fused-ring (bicyclic) bond motifs is 5. The Bertz CT molecular complexity index is 2270. The molecule has 6 rings (SSSR count). The number of Topliss-reactive ketones (excluding diaryl/α,β-unsaturated/α-hetero) is 1. The highest BCUT2D eigenvalue weighted by molar-refractivity contribution is 9.09. The first-order chi connectivity index (χ1) is 31.1. The first-order valence-corrected chi connectivity index (χ1v) is 23.7. The van der Waals surface area contributed by atoms with Gasteiger partial charge in [-0.05, 0) is 42.7 Å². The summed E-state index contributed by atoms with van der Waals surface area (Å²) in [6, 6.07) is 16.0. The number of esters is 3. The number of hydrogen-bond acceptors (Lipinski definition) is 16. The average Bonchev–Trinajstić information content (AvgIpc) is 3.25. The number of aliphatic hydroxyl groups excluding tert-OH is 1. The minimum absolute atomic E-state index is 0.0168. The summed E-state index contributed by atoms with van der Waals surface area (Å²) in [7, 11) is 0. The molecule has 3 fully saturated rings. The fourth-order valence-corrected chi connectivity index (χ4v) is 10.6. The van der Waals surface area contributed by atoms with Crippen molar-refractivity contribution in [3.8, 4) is 0 Å². The number of alkyl halides is 7. The Kier molecular flexibility index (Phi) is 15.9. The number of carbonyl (C=O) groups excluding carboxylic acids is 6. The van der Waals surface area contributed by atoms with E-state index in [1.54, 1.807) is 48.5 Å². The topological polar surface area (TPSA) is 217 Å². The molecule has 67 heavy (non-hydrogen) atoms. The van der Waals surface area contributed by atoms with Crippen molar-refractivity contribution in [3.05, 3.63) is 82.9 Å². The Labute approximate surface area is 423 Å². The summed E-state index contributed by atoms with van der Waals surface area (Å²) in [5.41, 5.74) is -8.42. The van der Waals surface area contributed by atoms with Crippen LogP contribution < -0.4 is 0 Å². The number of halogens is 7. The molecule has 1 saturated heterocycles. The minimum atomic E-state index is -2.56. The van der Waals surface area contributed by atoms with Crippen molar-refractivity contribution >= 4 is 122 Å². The Morgan fingerprint density at radius 3 is 1.93 bits per heavy atom. The molecule has 16 nitrogen and oxygen atoms in total. The minimum Gasteiger partial charge on any atom is -0.456 e. The molecule has 2 aromatic rings. The maximum absolute atomic E-state index is 16.1. The van der Waals surface area contributed by atoms with Crippen LogP contribution in [0.2, 0.25) is 0 Å². The molecular weight excluding hydrogens is 1080 g/mol. The lowest BCUT2D eigenvalue weighted by Crippen LogP contribution is -2.82. The third-order valence-corrected chi connectivity index (χ3v) is 14.6. The molecule has 1 heterocycles. The van der Waals surface area contributed by atoms with Crippen LogP contribution >= 0.6 is 85.5 Å². The van der Waals surface area contributed by atoms with Gasteiger partial charge < -0.3 is 48.1 Å². The van der Waals surface area contributed by atoms with Gasteiger partial charge in [0.2, 0.25) is 7.59 Å². The molecule has 0 amide bonds. The Morgan fingerprint density at radius 2 is 1.40 bits per heavy atom. The van der Waals surface area contributed by atoms with Gasteiger partial charge in [0, 0.05) is 25.2 Å². The van der Waals surface area contributed by atoms with Crippen LogP contribution in [0.15, 0.2) is 71.8 Å². The van der Waals surface area contributed by atoms with E-state index in [1.165, 1.54) is 39.8 Å². The van der Waals surface area contributed by atoms with E-state index in [9.17, 15) is 34.2 Å². The summed E-state index contributed by atoms with van der Waals surface area (Å²) in [5.74, 6) is -6.00. The first kappa shape index (κ1) is 53.3. The third-order valence-electron chi connectivity index (χ3n) is 12.9. The molecule has 2 aromatic carbocycles. The van der Waals surface area contributed by atoms with Gasteiger partial charge in [-0.2, -0.15) is 0 Å². The first-order valence-electron chi connectivity index (χ1n) is 20.5. The Hall–Kier alpha value is -3.10. The molecule has 0 spiro atoms. The molecule has 366 valence electrons. The van der Waals surface area contributed by atoms with Crippen LogP contribution in [0.25, 0.3) is 0 Å². The van der Waals surface area contributed by atoms with Gasteiger partial charge >= 0.3 is 30.2 Å². The zero-order valence-corrected chi connectivity index (χ0v) is 42.3. The quantitative estimate of drug-likeness (QED) is 0.0938. The predicted octanol–water partition coefficient (Wildman–Crippen LogP) is 8.19. The largest absolute Gasteiger partial charge is 0.509 e. The van der Waals surface area contributed by atoms with Crippen molar-refractivity contribution in [2.24, 2.45) is 16.7 Å². The fourth-order valence-electron chi connectivity index (χ4n) is 9.71. The Morgan fingerprint density at radius 1 is 0.851 bits per heavy atom. The van der Waals surface area contributed by atoms with Crippen LogP contribution in [0.4, 0.5) is 9.59 Å². The van der Waals surface area contributed by atoms with Crippen LogP contribution in [-0.2, 0) is 52.3 Å². The highest BCUT2D eigenvalue weighted by atomic mass is 79.9. The van der Waals surface area contributed by atoms with Gasteiger partial charge in [0.15, 0.2) is 23.6 Å². The van der Waals surface area contributed by atoms with E-state index in [0.29, 0.717) is 5.56 Å². The second-order valence-corrected chi connectivity index (χ2v) is 23.4. The van der Waals surface area contributed by atoms with E-state index in [2.05, 4.69) is 15.9 Å². The van der Waals surface area contributed by atoms with Crippen molar-refractivity contribution in [1.29, 1.82) is 0 Å². The van der Waals surface area contributed by atoms with Gasteiger partial charge in [0.25, 0.3) is 0 Å². The highest BCUT2D eigenvalue weighted by Crippen LogP contribution is 2.65. The highest BCUT2D eigenvalue weighted by Gasteiger charge is 2.79. The summed E-state index contributed by atoms with van der Waals surface area (Å²) in [4.78, 5) is 84.1. The maximum atomic E-state index is 16.1. The van der Waals surface area contributed by atoms with Gasteiger partial charge in [0.1, 0.15) is 43.2 Å². The van der Waals surface area contributed by atoms with Crippen molar-refractivity contribution in [3.63, 3.8) is 0 Å². The van der Waals surface area contributed by atoms with Gasteiger partial charge in [-0.25, -0.2) is 19.2 Å². The van der Waals surface area contributed by atoms with Gasteiger partial charge in [-0.3, -0.25) is 9.59 Å². The van der Waals surface area contributed by atoms with Gasteiger partial charge in [-0.1, -0.05) is 148 Å². The molecule has 2 bridgehead atoms. The summed E-state index contributed by atoms with van der Waals surface area (Å²) in [5, 5.41) is 25.2. The molecule has 2 saturated carbocycles. The predicted molar refractivity (Wildman–Crippen MR) is 244 cm³/mol. The normalized spacial score (nSPS) is 30.9. The van der Waals surface area contributed by atoms with E-state index < -0.39 is 146 Å². The van der Waals surface area contributed by atoms with E-state index >= 15 is 4.79 Å². The van der Waals surface area contributed by atoms with Crippen LogP contribution in [-0.4, -0.2) is 121 Å². The zero-order valence-electron chi connectivity index (χ0n) is 36.2. The van der Waals surface area contributed by atoms with Gasteiger partial charge in [0.05, 0.1) is 28.3 Å². The smallest absolute Gasteiger partial charge is 0.456 e. The van der Waals surface area contributed by atoms with Crippen LogP contribution in [0.3, 0.4) is 0 Å². The molecule has 1 aliphatic heterocycles. The summed E-state index contributed by atoms with van der Waals surface area (Å²) in [6.07, 6.45) is -14.6. The second kappa shape index (κ2) is 20.0. The standard InChI is InChI=1S/C44H45BrCl6O16/c1-21-25(63-36(56)30(53)29(45)23-12-8-6-9-13-23)17-42(59)34(66-35(55)24-14-10-7-11-15-24)32-40(5,33(54)31(28(21)39(42,3)4)65-38(58)62-20-44(49,50)51)26(64-37(57)61-19-43(46,47)48)16-27-41(32,18-60-27)67-22(2)52/h6-15,25-27,29-32,34,53,59H,16-20H2,1-5H3/t25-,26-,27+,29?,30?,31+,32-,34-,40+,41-,42+/m0/s1. The molecular formula is C44H45BrCl6O16. The van der Waals surface area contributed by atoms with Gasteiger partial charge in [-0.15, -0.1) is 0 Å². The van der Waals surface area contributed by atoms with Crippen LogP contribution in [0, 0.1) is 16.7 Å². The number of ketones is 1. The second-order valence-electron chi connectivity index (χ2n) is 17.3. The van der Waals surface area contributed by atoms with Crippen molar-refractivity contribution in [2.45, 2.75) is 108 Å². The summed E-state index contributed by atoms with van der Waals surface area (Å²) in [6.45, 7) is 4.57. The third kappa shape index (κ3) is 10.7. The zero-order chi connectivity index (χ0) is 49.7. The van der Waals surface area contributed by atoms with Crippen molar-refractivity contribution in [1.82, 2.24) is 0 Å². The molecule has 2 N–H and O–H groups in total. The van der Waals surface area contributed by atoms with Crippen molar-refractivity contribution < 1.29 is 76.9 Å². The van der Waals surface area contributed by atoms with Crippen molar-refractivity contribution in [2.75, 3.05) is 19.8 Å². The molecule has 0 radical (unpaired) electrons. The number of carbonyl (C=O) groups is 6. The molecule has 3 aliphatic carbocycles. The van der Waals surface area contributed by atoms with Crippen LogP contribution in [0.5, 0.6) is 0 Å². The fraction of sp³-hybridized carbons (Fsp3) is 0.545. The molecule has 11 atom stereocenters. The number of aliphatic hydroxyl groups is 2. The monoisotopic (exact) mass is 1120 g/mol. The number of ether oxygens (including phenoxy) is 8. The molecule has 23 heteroatoms. The Balaban J connectivity index is 1.62. The van der Waals surface area contributed by atoms with Crippen LogP contribution in [0.1, 0.15) is 68.2 Å². The molecule has 2 unspecified atom stereocenters. The average molecular weight is 1120 g/mol.